The molecule has 4 nitrogen and oxygen atoms in total. The van der Waals surface area contributed by atoms with Crippen LogP contribution in [-0.4, -0.2) is 30.1 Å². The molecule has 4 saturated carbocycles. The van der Waals surface area contributed by atoms with Crippen molar-refractivity contribution in [3.63, 3.8) is 0 Å². The van der Waals surface area contributed by atoms with Gasteiger partial charge in [0.25, 0.3) is 0 Å². The zero-order chi connectivity index (χ0) is 21.0. The monoisotopic (exact) mass is 404 g/mol. The molecule has 4 aliphatic rings. The average molecular weight is 405 g/mol. The highest BCUT2D eigenvalue weighted by molar-refractivity contribution is 5.87. The number of fused-ring (bicyclic) bond motifs is 5. The Morgan fingerprint density at radius 2 is 1.93 bits per heavy atom. The summed E-state index contributed by atoms with van der Waals surface area (Å²) in [5.41, 5.74) is 0.0635. The van der Waals surface area contributed by atoms with E-state index < -0.39 is 5.97 Å². The summed E-state index contributed by atoms with van der Waals surface area (Å²) in [7, 11) is 1.85. The SMILES string of the molecule is COC1CCC2(C)C(CCC3C2CC(=O)C2(C)C3CCC2[C@H](C)CCC(=O)O)C1. The standard InChI is InChI=1S/C25H40O4/c1-15(5-10-23(27)28)19-8-9-20-18-7-6-16-13-17(29-4)11-12-24(16,2)21(18)14-22(26)25(19,20)3/h15-21H,5-14H2,1-4H3,(H,27,28)/t15-,16?,17?,18?,19?,20?,21?,24?,25?/m1/s1. The third kappa shape index (κ3) is 3.28. The first kappa shape index (κ1) is 21.3. The molecule has 0 spiro atoms. The van der Waals surface area contributed by atoms with Gasteiger partial charge in [0.2, 0.25) is 0 Å². The molecular formula is C25H40O4. The molecule has 9 atom stereocenters. The van der Waals surface area contributed by atoms with E-state index in [0.29, 0.717) is 59.2 Å². The molecule has 1 N–H and O–H groups in total. The van der Waals surface area contributed by atoms with Crippen molar-refractivity contribution in [2.75, 3.05) is 7.11 Å². The van der Waals surface area contributed by atoms with Gasteiger partial charge < -0.3 is 9.84 Å². The van der Waals surface area contributed by atoms with E-state index in [9.17, 15) is 9.59 Å². The first-order valence-corrected chi connectivity index (χ1v) is 12.0. The maximum Gasteiger partial charge on any atom is 0.303 e. The van der Waals surface area contributed by atoms with Gasteiger partial charge in [-0.3, -0.25) is 9.59 Å². The molecule has 0 aromatic rings. The molecule has 8 unspecified atom stereocenters. The second-order valence-corrected chi connectivity index (χ2v) is 11.3. The van der Waals surface area contributed by atoms with E-state index in [-0.39, 0.29) is 11.8 Å². The summed E-state index contributed by atoms with van der Waals surface area (Å²) in [4.78, 5) is 24.8. The molecule has 29 heavy (non-hydrogen) atoms. The number of carboxylic acids is 1. The van der Waals surface area contributed by atoms with Gasteiger partial charge in [-0.25, -0.2) is 0 Å². The van der Waals surface area contributed by atoms with Crippen molar-refractivity contribution in [1.29, 1.82) is 0 Å². The first-order chi connectivity index (χ1) is 13.7. The van der Waals surface area contributed by atoms with Crippen molar-refractivity contribution >= 4 is 11.8 Å². The lowest BCUT2D eigenvalue weighted by atomic mass is 9.44. The van der Waals surface area contributed by atoms with Gasteiger partial charge >= 0.3 is 5.97 Å². The Labute approximate surface area is 176 Å². The Morgan fingerprint density at radius 3 is 2.62 bits per heavy atom. The van der Waals surface area contributed by atoms with Gasteiger partial charge in [0.05, 0.1) is 6.10 Å². The maximum absolute atomic E-state index is 13.7. The molecule has 0 aliphatic heterocycles. The summed E-state index contributed by atoms with van der Waals surface area (Å²) in [6.45, 7) is 6.92. The Bertz CT molecular complexity index is 659. The van der Waals surface area contributed by atoms with Gasteiger partial charge in [-0.1, -0.05) is 20.8 Å². The zero-order valence-corrected chi connectivity index (χ0v) is 18.8. The number of ether oxygens (including phenoxy) is 1. The van der Waals surface area contributed by atoms with Crippen LogP contribution in [0.3, 0.4) is 0 Å². The van der Waals surface area contributed by atoms with Gasteiger partial charge in [0.1, 0.15) is 5.78 Å². The molecule has 0 radical (unpaired) electrons. The summed E-state index contributed by atoms with van der Waals surface area (Å²) in [5.74, 6) is 2.86. The number of ketones is 1. The second-order valence-electron chi connectivity index (χ2n) is 11.3. The van der Waals surface area contributed by atoms with Crippen LogP contribution in [0.15, 0.2) is 0 Å². The highest BCUT2D eigenvalue weighted by Gasteiger charge is 2.63. The largest absolute Gasteiger partial charge is 0.481 e. The van der Waals surface area contributed by atoms with Crippen LogP contribution in [0.5, 0.6) is 0 Å². The molecule has 4 fully saturated rings. The van der Waals surface area contributed by atoms with Crippen LogP contribution in [-0.2, 0) is 14.3 Å². The van der Waals surface area contributed by atoms with Crippen molar-refractivity contribution in [1.82, 2.24) is 0 Å². The maximum atomic E-state index is 13.7. The summed E-state index contributed by atoms with van der Waals surface area (Å²) in [5, 5.41) is 9.11. The van der Waals surface area contributed by atoms with Crippen LogP contribution in [0.1, 0.15) is 85.0 Å². The molecule has 0 aromatic carbocycles. The minimum absolute atomic E-state index is 0.221. The summed E-state index contributed by atoms with van der Waals surface area (Å²) >= 11 is 0. The topological polar surface area (TPSA) is 63.6 Å². The third-order valence-electron chi connectivity index (χ3n) is 10.4. The quantitative estimate of drug-likeness (QED) is 0.672. The number of hydrogen-bond donors (Lipinski definition) is 1. The predicted octanol–water partition coefficient (Wildman–Crippen LogP) is 5.34. The molecule has 4 heteroatoms. The van der Waals surface area contributed by atoms with Gasteiger partial charge in [-0.05, 0) is 92.3 Å². The Kier molecular flexibility index (Phi) is 5.63. The van der Waals surface area contributed by atoms with Crippen molar-refractivity contribution in [2.24, 2.45) is 46.3 Å². The van der Waals surface area contributed by atoms with Crippen molar-refractivity contribution in [3.05, 3.63) is 0 Å². The van der Waals surface area contributed by atoms with E-state index >= 15 is 0 Å². The number of rotatable bonds is 5. The van der Waals surface area contributed by atoms with Crippen LogP contribution in [0.2, 0.25) is 0 Å². The number of carbonyl (C=O) groups excluding carboxylic acids is 1. The molecular weight excluding hydrogens is 364 g/mol. The second kappa shape index (κ2) is 7.66. The summed E-state index contributed by atoms with van der Waals surface area (Å²) in [6, 6.07) is 0. The lowest BCUT2D eigenvalue weighted by molar-refractivity contribution is -0.161. The normalized spacial score (nSPS) is 47.8. The van der Waals surface area contributed by atoms with Crippen LogP contribution >= 0.6 is 0 Å². The number of Topliss-reactive ketones (excluding diaryl/α,β-unsaturated/α-hetero) is 1. The average Bonchev–Trinajstić information content (AvgIpc) is 3.05. The number of aliphatic carboxylic acids is 1. The van der Waals surface area contributed by atoms with E-state index in [4.69, 9.17) is 9.84 Å². The Balaban J connectivity index is 1.56. The van der Waals surface area contributed by atoms with Crippen molar-refractivity contribution in [3.8, 4) is 0 Å². The van der Waals surface area contributed by atoms with Gasteiger partial charge in [0, 0.05) is 25.4 Å². The van der Waals surface area contributed by atoms with Gasteiger partial charge in [-0.2, -0.15) is 0 Å². The fourth-order valence-electron chi connectivity index (χ4n) is 8.63. The molecule has 4 aliphatic carbocycles. The highest BCUT2D eigenvalue weighted by atomic mass is 16.5. The molecule has 0 bridgehead atoms. The molecule has 4 rings (SSSR count). The number of carboxylic acid groups (broad SMARTS) is 1. The van der Waals surface area contributed by atoms with E-state index in [2.05, 4.69) is 20.8 Å². The third-order valence-corrected chi connectivity index (χ3v) is 10.4. The van der Waals surface area contributed by atoms with Gasteiger partial charge in [-0.15, -0.1) is 0 Å². The number of methoxy groups -OCH3 is 1. The fourth-order valence-corrected chi connectivity index (χ4v) is 8.63. The number of carbonyl (C=O) groups is 2. The Morgan fingerprint density at radius 1 is 1.17 bits per heavy atom. The Hall–Kier alpha value is -0.900. The summed E-state index contributed by atoms with van der Waals surface area (Å²) < 4.78 is 5.70. The smallest absolute Gasteiger partial charge is 0.303 e. The van der Waals surface area contributed by atoms with Crippen molar-refractivity contribution < 1.29 is 19.4 Å². The summed E-state index contributed by atoms with van der Waals surface area (Å²) in [6.07, 6.45) is 10.4. The molecule has 0 saturated heterocycles. The van der Waals surface area contributed by atoms with E-state index in [1.165, 1.54) is 25.7 Å². The lowest BCUT2D eigenvalue weighted by Crippen LogP contribution is -2.57. The first-order valence-electron chi connectivity index (χ1n) is 12.0. The highest BCUT2D eigenvalue weighted by Crippen LogP contribution is 2.67. The van der Waals surface area contributed by atoms with E-state index in [1.807, 2.05) is 7.11 Å². The van der Waals surface area contributed by atoms with Crippen LogP contribution in [0, 0.1) is 46.3 Å². The van der Waals surface area contributed by atoms with E-state index in [1.54, 1.807) is 0 Å². The predicted molar refractivity (Wildman–Crippen MR) is 112 cm³/mol. The van der Waals surface area contributed by atoms with Gasteiger partial charge in [0.15, 0.2) is 0 Å². The van der Waals surface area contributed by atoms with Crippen LogP contribution in [0.4, 0.5) is 0 Å². The van der Waals surface area contributed by atoms with Crippen LogP contribution < -0.4 is 0 Å². The zero-order valence-electron chi connectivity index (χ0n) is 18.8. The fraction of sp³-hybridized carbons (Fsp3) is 0.920. The molecule has 164 valence electrons. The molecule has 0 amide bonds. The minimum Gasteiger partial charge on any atom is -0.481 e. The van der Waals surface area contributed by atoms with Crippen LogP contribution in [0.25, 0.3) is 0 Å². The van der Waals surface area contributed by atoms with Crippen molar-refractivity contribution in [2.45, 2.75) is 91.1 Å². The minimum atomic E-state index is -0.718. The lowest BCUT2D eigenvalue weighted by Gasteiger charge is -2.60. The van der Waals surface area contributed by atoms with E-state index in [0.717, 1.165) is 25.7 Å². The molecule has 0 aromatic heterocycles. The molecule has 0 heterocycles. The number of hydrogen-bond acceptors (Lipinski definition) is 3.